The fraction of sp³-hybridized carbons (Fsp3) is 0.0769. The second-order valence-electron chi connectivity index (χ2n) is 7.52. The predicted octanol–water partition coefficient (Wildman–Crippen LogP) is 5.49. The summed E-state index contributed by atoms with van der Waals surface area (Å²) in [5, 5.41) is 13.1. The first kappa shape index (κ1) is 21.1. The maximum absolute atomic E-state index is 13.4. The van der Waals surface area contributed by atoms with Crippen LogP contribution in [0, 0.1) is 10.1 Å². The first-order valence-electron chi connectivity index (χ1n) is 10.6. The highest BCUT2D eigenvalue weighted by Gasteiger charge is 2.30. The van der Waals surface area contributed by atoms with Gasteiger partial charge in [0.1, 0.15) is 17.0 Å². The molecule has 0 saturated heterocycles. The zero-order valence-corrected chi connectivity index (χ0v) is 18.1. The zero-order chi connectivity index (χ0) is 23.8. The van der Waals surface area contributed by atoms with E-state index in [9.17, 15) is 19.7 Å². The van der Waals surface area contributed by atoms with Gasteiger partial charge in [-0.05, 0) is 36.8 Å². The molecule has 0 fully saturated rings. The number of ether oxygens (including phenoxy) is 1. The first-order chi connectivity index (χ1) is 16.5. The van der Waals surface area contributed by atoms with Gasteiger partial charge in [-0.3, -0.25) is 14.7 Å². The number of rotatable bonds is 5. The number of benzene rings is 3. The number of aromatic nitrogens is 1. The summed E-state index contributed by atoms with van der Waals surface area (Å²) in [7, 11) is 0. The lowest BCUT2D eigenvalue weighted by Gasteiger charge is -2.12. The Bertz CT molecular complexity index is 1630. The van der Waals surface area contributed by atoms with Crippen molar-refractivity contribution in [2.45, 2.75) is 6.92 Å². The number of carbonyl (C=O) groups excluding carboxylic acids is 1. The van der Waals surface area contributed by atoms with Gasteiger partial charge in [-0.2, -0.15) is 0 Å². The molecule has 2 heterocycles. The lowest BCUT2D eigenvalue weighted by Crippen LogP contribution is -2.13. The van der Waals surface area contributed by atoms with Crippen LogP contribution < -0.4 is 5.63 Å². The van der Waals surface area contributed by atoms with Crippen LogP contribution in [0.1, 0.15) is 17.4 Å². The smallest absolute Gasteiger partial charge is 0.355 e. The SMILES string of the molecule is CCOC(=O)c1c(-c2ccccc2)c2c3ccc(=O)oc3ccc2n1-c1ccccc1[N+](=O)[O-]. The highest BCUT2D eigenvalue weighted by Crippen LogP contribution is 2.42. The molecule has 0 radical (unpaired) electrons. The minimum atomic E-state index is -0.624. The van der Waals surface area contributed by atoms with Gasteiger partial charge in [0.15, 0.2) is 0 Å². The number of carbonyl (C=O) groups is 1. The van der Waals surface area contributed by atoms with Crippen LogP contribution >= 0.6 is 0 Å². The van der Waals surface area contributed by atoms with E-state index in [-0.39, 0.29) is 23.7 Å². The summed E-state index contributed by atoms with van der Waals surface area (Å²) in [5.74, 6) is -0.624. The third-order valence-corrected chi connectivity index (χ3v) is 5.58. The highest BCUT2D eigenvalue weighted by atomic mass is 16.6. The molecule has 0 spiro atoms. The summed E-state index contributed by atoms with van der Waals surface area (Å²) >= 11 is 0. The molecule has 0 saturated carbocycles. The number of esters is 1. The second-order valence-corrected chi connectivity index (χ2v) is 7.52. The van der Waals surface area contributed by atoms with E-state index in [4.69, 9.17) is 9.15 Å². The summed E-state index contributed by atoms with van der Waals surface area (Å²) in [6.45, 7) is 1.82. The van der Waals surface area contributed by atoms with Gasteiger partial charge in [0, 0.05) is 28.5 Å². The average molecular weight is 454 g/mol. The van der Waals surface area contributed by atoms with Gasteiger partial charge in [-0.25, -0.2) is 9.59 Å². The standard InChI is InChI=1S/C26H18N2O6/c1-2-33-26(30)25-23(16-8-4-3-5-9-16)24-17-12-15-22(29)34-21(17)14-13-20(24)27(25)18-10-6-7-11-19(18)28(31)32/h3-15H,2H2,1H3. The summed E-state index contributed by atoms with van der Waals surface area (Å²) in [5.41, 5.74) is 1.83. The van der Waals surface area contributed by atoms with Gasteiger partial charge in [0.2, 0.25) is 0 Å². The third kappa shape index (κ3) is 3.32. The van der Waals surface area contributed by atoms with E-state index < -0.39 is 16.5 Å². The van der Waals surface area contributed by atoms with Crippen LogP contribution in [-0.4, -0.2) is 22.1 Å². The Labute approximate surface area is 192 Å². The van der Waals surface area contributed by atoms with Crippen LogP contribution in [-0.2, 0) is 4.74 Å². The largest absolute Gasteiger partial charge is 0.461 e. The van der Waals surface area contributed by atoms with Crippen molar-refractivity contribution in [3.05, 3.63) is 105 Å². The Morgan fingerprint density at radius 3 is 2.47 bits per heavy atom. The Morgan fingerprint density at radius 1 is 1.00 bits per heavy atom. The van der Waals surface area contributed by atoms with Crippen LogP contribution in [0.5, 0.6) is 0 Å². The predicted molar refractivity (Wildman–Crippen MR) is 127 cm³/mol. The zero-order valence-electron chi connectivity index (χ0n) is 18.1. The maximum Gasteiger partial charge on any atom is 0.355 e. The van der Waals surface area contributed by atoms with Crippen molar-refractivity contribution in [1.82, 2.24) is 4.57 Å². The van der Waals surface area contributed by atoms with E-state index in [0.717, 1.165) is 0 Å². The molecule has 5 aromatic rings. The fourth-order valence-electron chi connectivity index (χ4n) is 4.27. The molecule has 0 N–H and O–H groups in total. The van der Waals surface area contributed by atoms with E-state index in [1.807, 2.05) is 30.3 Å². The van der Waals surface area contributed by atoms with Crippen molar-refractivity contribution in [2.75, 3.05) is 6.61 Å². The average Bonchev–Trinajstić information content (AvgIpc) is 3.20. The molecular weight excluding hydrogens is 436 g/mol. The van der Waals surface area contributed by atoms with Gasteiger partial charge < -0.3 is 9.15 Å². The summed E-state index contributed by atoms with van der Waals surface area (Å²) in [6.07, 6.45) is 0. The molecule has 168 valence electrons. The molecule has 0 aliphatic carbocycles. The number of nitro benzene ring substituents is 1. The number of hydrogen-bond acceptors (Lipinski definition) is 6. The summed E-state index contributed by atoms with van der Waals surface area (Å²) in [4.78, 5) is 36.7. The minimum Gasteiger partial charge on any atom is -0.461 e. The quantitative estimate of drug-likeness (QED) is 0.151. The molecule has 8 nitrogen and oxygen atoms in total. The van der Waals surface area contributed by atoms with Crippen molar-refractivity contribution in [3.8, 4) is 16.8 Å². The topological polar surface area (TPSA) is 105 Å². The van der Waals surface area contributed by atoms with E-state index in [1.165, 1.54) is 12.1 Å². The number of fused-ring (bicyclic) bond motifs is 3. The molecule has 2 aromatic heterocycles. The molecule has 0 atom stereocenters. The van der Waals surface area contributed by atoms with Crippen molar-refractivity contribution in [1.29, 1.82) is 0 Å². The molecule has 34 heavy (non-hydrogen) atoms. The van der Waals surface area contributed by atoms with Crippen LogP contribution in [0.4, 0.5) is 5.69 Å². The summed E-state index contributed by atoms with van der Waals surface area (Å²) < 4.78 is 12.4. The van der Waals surface area contributed by atoms with E-state index in [1.54, 1.807) is 47.9 Å². The Hall–Kier alpha value is -4.72. The number of nitrogens with zero attached hydrogens (tertiary/aromatic N) is 2. The van der Waals surface area contributed by atoms with Gasteiger partial charge in [-0.15, -0.1) is 0 Å². The molecule has 0 aliphatic rings. The molecule has 0 amide bonds. The van der Waals surface area contributed by atoms with E-state index >= 15 is 0 Å². The van der Waals surface area contributed by atoms with Gasteiger partial charge >= 0.3 is 11.6 Å². The molecule has 8 heteroatoms. The minimum absolute atomic E-state index is 0.126. The van der Waals surface area contributed by atoms with Gasteiger partial charge in [0.25, 0.3) is 5.69 Å². The lowest BCUT2D eigenvalue weighted by atomic mass is 9.99. The molecule has 3 aromatic carbocycles. The van der Waals surface area contributed by atoms with E-state index in [0.29, 0.717) is 33.0 Å². The fourth-order valence-corrected chi connectivity index (χ4v) is 4.27. The monoisotopic (exact) mass is 454 g/mol. The highest BCUT2D eigenvalue weighted by molar-refractivity contribution is 6.18. The summed E-state index contributed by atoms with van der Waals surface area (Å²) in [6, 6.07) is 21.7. The first-order valence-corrected chi connectivity index (χ1v) is 10.6. The normalized spacial score (nSPS) is 11.1. The van der Waals surface area contributed by atoms with Crippen molar-refractivity contribution >= 4 is 33.5 Å². The van der Waals surface area contributed by atoms with Crippen LogP contribution in [0.15, 0.2) is 88.1 Å². The van der Waals surface area contributed by atoms with Crippen LogP contribution in [0.25, 0.3) is 38.7 Å². The van der Waals surface area contributed by atoms with Crippen molar-refractivity contribution in [3.63, 3.8) is 0 Å². The molecule has 0 bridgehead atoms. The van der Waals surface area contributed by atoms with Crippen LogP contribution in [0.2, 0.25) is 0 Å². The molecule has 0 unspecified atom stereocenters. The molecular formula is C26H18N2O6. The Balaban J connectivity index is 2.05. The van der Waals surface area contributed by atoms with Gasteiger partial charge in [-0.1, -0.05) is 42.5 Å². The Kier molecular flexibility index (Phi) is 5.18. The van der Waals surface area contributed by atoms with E-state index in [2.05, 4.69) is 0 Å². The molecule has 5 rings (SSSR count). The Morgan fingerprint density at radius 2 is 1.74 bits per heavy atom. The number of para-hydroxylation sites is 2. The second kappa shape index (κ2) is 8.32. The number of hydrogen-bond donors (Lipinski definition) is 0. The van der Waals surface area contributed by atoms with Crippen molar-refractivity contribution in [2.24, 2.45) is 0 Å². The third-order valence-electron chi connectivity index (χ3n) is 5.58. The maximum atomic E-state index is 13.4. The van der Waals surface area contributed by atoms with Gasteiger partial charge in [0.05, 0.1) is 17.0 Å². The molecule has 0 aliphatic heterocycles. The van der Waals surface area contributed by atoms with Crippen molar-refractivity contribution < 1.29 is 18.9 Å². The van der Waals surface area contributed by atoms with Crippen LogP contribution in [0.3, 0.4) is 0 Å². The number of nitro groups is 1. The lowest BCUT2D eigenvalue weighted by molar-refractivity contribution is -0.384.